The minimum atomic E-state index is -3.34. The topological polar surface area (TPSA) is 81.6 Å². The molecule has 33 heavy (non-hydrogen) atoms. The van der Waals surface area contributed by atoms with Gasteiger partial charge >= 0.3 is 6.05 Å². The van der Waals surface area contributed by atoms with Gasteiger partial charge in [0, 0.05) is 17.5 Å². The van der Waals surface area contributed by atoms with Crippen LogP contribution in [0.25, 0.3) is 10.2 Å². The number of hydrogen-bond acceptors (Lipinski definition) is 7. The number of benzene rings is 1. The van der Waals surface area contributed by atoms with Gasteiger partial charge in [-0.25, -0.2) is 9.97 Å². The third kappa shape index (κ3) is 4.87. The van der Waals surface area contributed by atoms with Crippen LogP contribution >= 0.6 is 11.3 Å². The number of amides is 1. The summed E-state index contributed by atoms with van der Waals surface area (Å²) in [6.07, 6.45) is 3.53. The number of hydrogen-bond donors (Lipinski definition) is 2. The molecule has 2 N–H and O–H groups in total. The zero-order valence-electron chi connectivity index (χ0n) is 18.3. The number of carbonyl (C=O) groups is 1. The lowest BCUT2D eigenvalue weighted by molar-refractivity contribution is -0.174. The molecule has 1 atom stereocenters. The fourth-order valence-electron chi connectivity index (χ4n) is 3.81. The highest BCUT2D eigenvalue weighted by molar-refractivity contribution is 7.19. The van der Waals surface area contributed by atoms with Crippen molar-refractivity contribution in [1.29, 1.82) is 0 Å². The average molecular weight is 474 g/mol. The van der Waals surface area contributed by atoms with Crippen molar-refractivity contribution in [3.05, 3.63) is 64.8 Å². The molecule has 1 aliphatic rings. The smallest absolute Gasteiger partial charge is 0.332 e. The second-order valence-electron chi connectivity index (χ2n) is 8.13. The molecule has 0 unspecified atom stereocenters. The molecule has 3 aromatic rings. The predicted molar refractivity (Wildman–Crippen MR) is 124 cm³/mol. The van der Waals surface area contributed by atoms with Crippen molar-refractivity contribution in [2.75, 3.05) is 32.6 Å². The van der Waals surface area contributed by atoms with Crippen LogP contribution < -0.4 is 5.32 Å². The number of anilines is 1. The molecule has 0 bridgehead atoms. The number of halogens is 2. The SMILES string of the molecule is CN(C)C/C=C/C(=O)N1Cc2sc3ncnc(N[C@H](CO)c4ccccc4)c3c2CC1(F)F. The molecule has 0 radical (unpaired) electrons. The van der Waals surface area contributed by atoms with Gasteiger partial charge in [-0.05, 0) is 25.2 Å². The number of carbonyl (C=O) groups excluding carboxylic acids is 1. The van der Waals surface area contributed by atoms with Gasteiger partial charge in [0.25, 0.3) is 5.91 Å². The quantitative estimate of drug-likeness (QED) is 0.404. The van der Waals surface area contributed by atoms with Crippen LogP contribution in [0.2, 0.25) is 0 Å². The van der Waals surface area contributed by atoms with Crippen molar-refractivity contribution < 1.29 is 18.7 Å². The summed E-state index contributed by atoms with van der Waals surface area (Å²) < 4.78 is 30.2. The summed E-state index contributed by atoms with van der Waals surface area (Å²) in [5, 5.41) is 13.6. The minimum Gasteiger partial charge on any atom is -0.394 e. The van der Waals surface area contributed by atoms with Crippen LogP contribution in [0.3, 0.4) is 0 Å². The summed E-state index contributed by atoms with van der Waals surface area (Å²) in [5.41, 5.74) is 1.29. The number of rotatable bonds is 7. The van der Waals surface area contributed by atoms with Crippen LogP contribution in [0.4, 0.5) is 14.6 Å². The Kier molecular flexibility index (Phi) is 6.68. The van der Waals surface area contributed by atoms with Crippen LogP contribution in [0.1, 0.15) is 22.0 Å². The van der Waals surface area contributed by atoms with E-state index in [1.807, 2.05) is 49.3 Å². The number of nitrogens with one attached hydrogen (secondary N) is 1. The summed E-state index contributed by atoms with van der Waals surface area (Å²) in [5.74, 6) is -0.333. The van der Waals surface area contributed by atoms with E-state index in [0.29, 0.717) is 37.9 Å². The maximum Gasteiger partial charge on any atom is 0.332 e. The summed E-state index contributed by atoms with van der Waals surface area (Å²) in [6.45, 7) is 0.0902. The summed E-state index contributed by atoms with van der Waals surface area (Å²) >= 11 is 1.28. The van der Waals surface area contributed by atoms with Crippen molar-refractivity contribution in [2.24, 2.45) is 0 Å². The molecular weight excluding hydrogens is 448 g/mol. The first-order valence-corrected chi connectivity index (χ1v) is 11.3. The van der Waals surface area contributed by atoms with E-state index >= 15 is 8.78 Å². The number of aliphatic hydroxyl groups excluding tert-OH is 1. The maximum absolute atomic E-state index is 15.1. The Morgan fingerprint density at radius 2 is 2.09 bits per heavy atom. The highest BCUT2D eigenvalue weighted by Gasteiger charge is 2.45. The maximum atomic E-state index is 15.1. The minimum absolute atomic E-state index is 0.195. The molecule has 0 saturated carbocycles. The molecule has 10 heteroatoms. The zero-order chi connectivity index (χ0) is 23.6. The van der Waals surface area contributed by atoms with E-state index in [-0.39, 0.29) is 13.2 Å². The molecule has 1 amide bonds. The fourth-order valence-corrected chi connectivity index (χ4v) is 4.95. The number of alkyl halides is 2. The third-order valence-corrected chi connectivity index (χ3v) is 6.57. The van der Waals surface area contributed by atoms with Gasteiger partial charge in [0.15, 0.2) is 0 Å². The van der Waals surface area contributed by atoms with E-state index in [1.165, 1.54) is 23.7 Å². The van der Waals surface area contributed by atoms with Gasteiger partial charge in [-0.2, -0.15) is 8.78 Å². The van der Waals surface area contributed by atoms with Crippen molar-refractivity contribution in [3.63, 3.8) is 0 Å². The van der Waals surface area contributed by atoms with E-state index in [1.54, 1.807) is 6.08 Å². The largest absolute Gasteiger partial charge is 0.394 e. The summed E-state index contributed by atoms with van der Waals surface area (Å²) in [6, 6.07) is 5.54. The van der Waals surface area contributed by atoms with Gasteiger partial charge in [-0.15, -0.1) is 11.3 Å². The van der Waals surface area contributed by atoms with E-state index < -0.39 is 24.4 Å². The molecule has 0 spiro atoms. The number of aliphatic hydroxyl groups is 1. The number of fused-ring (bicyclic) bond motifs is 3. The Labute approximate surface area is 194 Å². The standard InChI is InChI=1S/C23H25F2N5O2S/c1-29(2)10-6-9-19(32)30-12-18-16(11-23(30,24)25)20-21(26-14-27-22(20)33-18)28-17(13-31)15-7-4-3-5-8-15/h3-9,14,17,31H,10-13H2,1-2H3,(H,26,27,28)/b9-6+/t17-/m1/s1. The lowest BCUT2D eigenvalue weighted by Gasteiger charge is -2.34. The van der Waals surface area contributed by atoms with Crippen LogP contribution in [0, 0.1) is 0 Å². The van der Waals surface area contributed by atoms with Crippen LogP contribution in [-0.2, 0) is 17.8 Å². The zero-order valence-corrected chi connectivity index (χ0v) is 19.1. The van der Waals surface area contributed by atoms with Gasteiger partial charge in [0.05, 0.1) is 31.0 Å². The van der Waals surface area contributed by atoms with Crippen molar-refractivity contribution in [1.82, 2.24) is 19.8 Å². The van der Waals surface area contributed by atoms with Gasteiger partial charge in [0.1, 0.15) is 17.0 Å². The molecule has 0 fully saturated rings. The first-order chi connectivity index (χ1) is 15.8. The van der Waals surface area contributed by atoms with E-state index in [4.69, 9.17) is 0 Å². The molecule has 1 aromatic carbocycles. The molecule has 2 aromatic heterocycles. The molecule has 174 valence electrons. The highest BCUT2D eigenvalue weighted by atomic mass is 32.1. The van der Waals surface area contributed by atoms with Crippen molar-refractivity contribution >= 4 is 33.3 Å². The monoisotopic (exact) mass is 473 g/mol. The van der Waals surface area contributed by atoms with Crippen LogP contribution in [0.15, 0.2) is 48.8 Å². The molecule has 0 saturated heterocycles. The first kappa shape index (κ1) is 23.2. The van der Waals surface area contributed by atoms with E-state index in [9.17, 15) is 9.90 Å². The van der Waals surface area contributed by atoms with Crippen LogP contribution in [-0.4, -0.2) is 64.1 Å². The number of likely N-dealkylation sites (N-methyl/N-ethyl adjacent to an activating group) is 1. The van der Waals surface area contributed by atoms with Gasteiger partial charge < -0.3 is 15.3 Å². The Morgan fingerprint density at radius 3 is 2.79 bits per heavy atom. The molecular formula is C23H25F2N5O2S. The second-order valence-corrected chi connectivity index (χ2v) is 9.21. The molecule has 7 nitrogen and oxygen atoms in total. The number of thiophene rings is 1. The molecule has 3 heterocycles. The molecule has 0 aliphatic carbocycles. The van der Waals surface area contributed by atoms with Crippen molar-refractivity contribution in [2.45, 2.75) is 25.1 Å². The fraction of sp³-hybridized carbons (Fsp3) is 0.348. The Balaban J connectivity index is 1.66. The third-order valence-electron chi connectivity index (χ3n) is 5.45. The Bertz CT molecular complexity index is 1170. The van der Waals surface area contributed by atoms with E-state index in [0.717, 1.165) is 5.56 Å². The summed E-state index contributed by atoms with van der Waals surface area (Å²) in [4.78, 5) is 24.7. The lowest BCUT2D eigenvalue weighted by Crippen LogP contribution is -2.48. The second kappa shape index (κ2) is 9.50. The average Bonchev–Trinajstić information content (AvgIpc) is 3.14. The van der Waals surface area contributed by atoms with E-state index in [2.05, 4.69) is 15.3 Å². The summed E-state index contributed by atoms with van der Waals surface area (Å²) in [7, 11) is 3.67. The lowest BCUT2D eigenvalue weighted by atomic mass is 10.0. The highest BCUT2D eigenvalue weighted by Crippen LogP contribution is 2.43. The van der Waals surface area contributed by atoms with Gasteiger partial charge in [0.2, 0.25) is 0 Å². The van der Waals surface area contributed by atoms with Gasteiger partial charge in [-0.1, -0.05) is 36.4 Å². The number of nitrogens with zero attached hydrogens (tertiary/aromatic N) is 4. The van der Waals surface area contributed by atoms with Crippen molar-refractivity contribution in [3.8, 4) is 0 Å². The van der Waals surface area contributed by atoms with Gasteiger partial charge in [-0.3, -0.25) is 9.69 Å². The number of aromatic nitrogens is 2. The molecule has 1 aliphatic heterocycles. The van der Waals surface area contributed by atoms with Crippen LogP contribution in [0.5, 0.6) is 0 Å². The Morgan fingerprint density at radius 1 is 1.33 bits per heavy atom. The molecule has 4 rings (SSSR count). The normalized spacial score (nSPS) is 16.4. The first-order valence-electron chi connectivity index (χ1n) is 10.5. The Hall–Kier alpha value is -2.95. The predicted octanol–water partition coefficient (Wildman–Crippen LogP) is 3.43.